The zero-order chi connectivity index (χ0) is 17.6. The van der Waals surface area contributed by atoms with Crippen LogP contribution in [0.1, 0.15) is 36.8 Å². The van der Waals surface area contributed by atoms with Gasteiger partial charge in [-0.05, 0) is 38.2 Å². The van der Waals surface area contributed by atoms with Crippen LogP contribution in [-0.4, -0.2) is 42.1 Å². The number of likely N-dealkylation sites (tertiary alicyclic amines) is 1. The molecule has 1 aromatic rings. The number of rotatable bonds is 7. The van der Waals surface area contributed by atoms with E-state index in [1.54, 1.807) is 0 Å². The molecule has 25 heavy (non-hydrogen) atoms. The number of amides is 2. The SMILES string of the molecule is Cc1ccc(CSCCNC(=O)C2CCN(C(=O)C3CC3)CC2)cc1. The van der Waals surface area contributed by atoms with E-state index >= 15 is 0 Å². The number of piperidine rings is 1. The molecule has 0 aromatic heterocycles. The van der Waals surface area contributed by atoms with Crippen LogP contribution in [0, 0.1) is 18.8 Å². The summed E-state index contributed by atoms with van der Waals surface area (Å²) in [4.78, 5) is 26.3. The Balaban J connectivity index is 1.28. The molecule has 3 rings (SSSR count). The van der Waals surface area contributed by atoms with Crippen molar-refractivity contribution in [2.24, 2.45) is 11.8 Å². The van der Waals surface area contributed by atoms with Gasteiger partial charge in [0.15, 0.2) is 0 Å². The van der Waals surface area contributed by atoms with Crippen molar-refractivity contribution in [2.75, 3.05) is 25.4 Å². The Morgan fingerprint density at radius 3 is 2.40 bits per heavy atom. The Morgan fingerprint density at radius 1 is 1.08 bits per heavy atom. The molecule has 0 bridgehead atoms. The molecular formula is C20H28N2O2S. The summed E-state index contributed by atoms with van der Waals surface area (Å²) < 4.78 is 0. The van der Waals surface area contributed by atoms with Gasteiger partial charge in [-0.15, -0.1) is 0 Å². The number of nitrogens with one attached hydrogen (secondary N) is 1. The summed E-state index contributed by atoms with van der Waals surface area (Å²) in [7, 11) is 0. The van der Waals surface area contributed by atoms with Crippen molar-refractivity contribution in [1.82, 2.24) is 10.2 Å². The van der Waals surface area contributed by atoms with Crippen LogP contribution in [0.3, 0.4) is 0 Å². The second-order valence-electron chi connectivity index (χ2n) is 7.20. The summed E-state index contributed by atoms with van der Waals surface area (Å²) in [6.07, 6.45) is 3.72. The van der Waals surface area contributed by atoms with Crippen molar-refractivity contribution >= 4 is 23.6 Å². The Kier molecular flexibility index (Phi) is 6.40. The lowest BCUT2D eigenvalue weighted by molar-refractivity contribution is -0.136. The highest BCUT2D eigenvalue weighted by molar-refractivity contribution is 7.98. The summed E-state index contributed by atoms with van der Waals surface area (Å²) in [5, 5.41) is 3.06. The van der Waals surface area contributed by atoms with Crippen molar-refractivity contribution in [3.8, 4) is 0 Å². The lowest BCUT2D eigenvalue weighted by atomic mass is 9.95. The highest BCUT2D eigenvalue weighted by Gasteiger charge is 2.35. The van der Waals surface area contributed by atoms with Gasteiger partial charge in [0.05, 0.1) is 0 Å². The number of benzene rings is 1. The highest BCUT2D eigenvalue weighted by atomic mass is 32.2. The first-order valence-corrected chi connectivity index (χ1v) is 10.5. The second-order valence-corrected chi connectivity index (χ2v) is 8.31. The minimum atomic E-state index is 0.0744. The van der Waals surface area contributed by atoms with E-state index in [4.69, 9.17) is 0 Å². The molecule has 136 valence electrons. The maximum absolute atomic E-state index is 12.3. The normalized spacial score (nSPS) is 18.2. The molecular weight excluding hydrogens is 332 g/mol. The largest absolute Gasteiger partial charge is 0.355 e. The van der Waals surface area contributed by atoms with E-state index in [1.165, 1.54) is 11.1 Å². The summed E-state index contributed by atoms with van der Waals surface area (Å²) in [6, 6.07) is 8.60. The number of carbonyl (C=O) groups is 2. The van der Waals surface area contributed by atoms with Gasteiger partial charge in [0.1, 0.15) is 0 Å². The minimum absolute atomic E-state index is 0.0744. The zero-order valence-electron chi connectivity index (χ0n) is 15.0. The first kappa shape index (κ1) is 18.3. The fourth-order valence-corrected chi connectivity index (χ4v) is 4.03. The average Bonchev–Trinajstić information content (AvgIpc) is 3.47. The van der Waals surface area contributed by atoms with Gasteiger partial charge >= 0.3 is 0 Å². The maximum Gasteiger partial charge on any atom is 0.225 e. The maximum atomic E-state index is 12.3. The van der Waals surface area contributed by atoms with E-state index in [1.807, 2.05) is 16.7 Å². The summed E-state index contributed by atoms with van der Waals surface area (Å²) in [6.45, 7) is 4.31. The molecule has 1 heterocycles. The van der Waals surface area contributed by atoms with Crippen LogP contribution in [0.5, 0.6) is 0 Å². The zero-order valence-corrected chi connectivity index (χ0v) is 15.8. The van der Waals surface area contributed by atoms with Crippen LogP contribution in [0.25, 0.3) is 0 Å². The predicted molar refractivity (Wildman–Crippen MR) is 102 cm³/mol. The van der Waals surface area contributed by atoms with Gasteiger partial charge in [-0.1, -0.05) is 29.8 Å². The Bertz CT molecular complexity index is 590. The Hall–Kier alpha value is -1.49. The summed E-state index contributed by atoms with van der Waals surface area (Å²) in [5.41, 5.74) is 2.61. The molecule has 1 saturated carbocycles. The van der Waals surface area contributed by atoms with E-state index in [0.29, 0.717) is 5.91 Å². The third-order valence-electron chi connectivity index (χ3n) is 5.04. The Labute approximate surface area is 154 Å². The van der Waals surface area contributed by atoms with Gasteiger partial charge in [0.25, 0.3) is 0 Å². The molecule has 1 saturated heterocycles. The molecule has 2 aliphatic rings. The van der Waals surface area contributed by atoms with Gasteiger partial charge < -0.3 is 10.2 Å². The van der Waals surface area contributed by atoms with Gasteiger partial charge in [-0.25, -0.2) is 0 Å². The molecule has 1 aliphatic heterocycles. The van der Waals surface area contributed by atoms with Gasteiger partial charge in [-0.2, -0.15) is 11.8 Å². The van der Waals surface area contributed by atoms with Crippen LogP contribution in [-0.2, 0) is 15.3 Å². The molecule has 2 amide bonds. The van der Waals surface area contributed by atoms with Crippen molar-refractivity contribution < 1.29 is 9.59 Å². The lowest BCUT2D eigenvalue weighted by Gasteiger charge is -2.31. The van der Waals surface area contributed by atoms with E-state index in [-0.39, 0.29) is 17.7 Å². The summed E-state index contributed by atoms with van der Waals surface area (Å²) in [5.74, 6) is 2.75. The molecule has 0 unspecified atom stereocenters. The average molecular weight is 361 g/mol. The highest BCUT2D eigenvalue weighted by Crippen LogP contribution is 2.32. The molecule has 1 N–H and O–H groups in total. The van der Waals surface area contributed by atoms with Crippen LogP contribution in [0.2, 0.25) is 0 Å². The van der Waals surface area contributed by atoms with E-state index in [9.17, 15) is 9.59 Å². The van der Waals surface area contributed by atoms with Crippen LogP contribution in [0.4, 0.5) is 0 Å². The molecule has 2 fully saturated rings. The molecule has 0 spiro atoms. The van der Waals surface area contributed by atoms with Gasteiger partial charge in [0, 0.05) is 43.0 Å². The molecule has 0 atom stereocenters. The number of nitrogens with zero attached hydrogens (tertiary/aromatic N) is 1. The van der Waals surface area contributed by atoms with E-state index < -0.39 is 0 Å². The number of carbonyl (C=O) groups excluding carboxylic acids is 2. The van der Waals surface area contributed by atoms with Gasteiger partial charge in [0.2, 0.25) is 11.8 Å². The number of aryl methyl sites for hydroxylation is 1. The Morgan fingerprint density at radius 2 is 1.76 bits per heavy atom. The quantitative estimate of drug-likeness (QED) is 0.761. The molecule has 0 radical (unpaired) electrons. The lowest BCUT2D eigenvalue weighted by Crippen LogP contribution is -2.43. The number of thioether (sulfide) groups is 1. The number of hydrogen-bond acceptors (Lipinski definition) is 3. The third-order valence-corrected chi connectivity index (χ3v) is 6.07. The fraction of sp³-hybridized carbons (Fsp3) is 0.600. The van der Waals surface area contributed by atoms with Crippen LogP contribution in [0.15, 0.2) is 24.3 Å². The first-order valence-electron chi connectivity index (χ1n) is 9.33. The molecule has 1 aliphatic carbocycles. The van der Waals surface area contributed by atoms with Crippen molar-refractivity contribution in [3.05, 3.63) is 35.4 Å². The predicted octanol–water partition coefficient (Wildman–Crippen LogP) is 2.99. The molecule has 4 nitrogen and oxygen atoms in total. The van der Waals surface area contributed by atoms with E-state index in [2.05, 4.69) is 36.5 Å². The fourth-order valence-electron chi connectivity index (χ4n) is 3.22. The topological polar surface area (TPSA) is 49.4 Å². The van der Waals surface area contributed by atoms with Crippen molar-refractivity contribution in [3.63, 3.8) is 0 Å². The minimum Gasteiger partial charge on any atom is -0.355 e. The standard InChI is InChI=1S/C20H28N2O2S/c1-15-2-4-16(5-3-15)14-25-13-10-21-19(23)17-8-11-22(12-9-17)20(24)18-6-7-18/h2-5,17-18H,6-14H2,1H3,(H,21,23). The smallest absolute Gasteiger partial charge is 0.225 e. The molecule has 1 aromatic carbocycles. The van der Waals surface area contributed by atoms with Crippen LogP contribution >= 0.6 is 11.8 Å². The van der Waals surface area contributed by atoms with E-state index in [0.717, 1.165) is 56.8 Å². The molecule has 5 heteroatoms. The first-order chi connectivity index (χ1) is 12.1. The third kappa shape index (κ3) is 5.50. The van der Waals surface area contributed by atoms with Crippen molar-refractivity contribution in [1.29, 1.82) is 0 Å². The second kappa shape index (κ2) is 8.75. The van der Waals surface area contributed by atoms with Gasteiger partial charge in [-0.3, -0.25) is 9.59 Å². The monoisotopic (exact) mass is 360 g/mol. The summed E-state index contributed by atoms with van der Waals surface area (Å²) >= 11 is 1.85. The number of hydrogen-bond donors (Lipinski definition) is 1. The van der Waals surface area contributed by atoms with Crippen molar-refractivity contribution in [2.45, 2.75) is 38.4 Å². The van der Waals surface area contributed by atoms with Crippen LogP contribution < -0.4 is 5.32 Å².